The molecule has 0 fully saturated rings. The Bertz CT molecular complexity index is 370. The number of hydrogen-bond donors (Lipinski definition) is 2. The maximum atomic E-state index is 10.1. The highest BCUT2D eigenvalue weighted by Crippen LogP contribution is 2.36. The van der Waals surface area contributed by atoms with E-state index >= 15 is 0 Å². The number of nitrogens with one attached hydrogen (secondary N) is 1. The van der Waals surface area contributed by atoms with E-state index in [9.17, 15) is 5.11 Å². The topological polar surface area (TPSA) is 44.7 Å². The second kappa shape index (κ2) is 5.49. The van der Waals surface area contributed by atoms with Gasteiger partial charge in [-0.15, -0.1) is 0 Å². The fraction of sp³-hybridized carbons (Fsp3) is 0.538. The van der Waals surface area contributed by atoms with Crippen molar-refractivity contribution in [3.63, 3.8) is 0 Å². The van der Waals surface area contributed by atoms with Crippen LogP contribution in [0.3, 0.4) is 0 Å². The Morgan fingerprint density at radius 3 is 2.94 bits per heavy atom. The molecule has 94 valence electrons. The predicted octanol–water partition coefficient (Wildman–Crippen LogP) is 2.02. The van der Waals surface area contributed by atoms with Crippen molar-refractivity contribution in [1.29, 1.82) is 0 Å². The van der Waals surface area contributed by atoms with Gasteiger partial charge in [-0.1, -0.05) is 31.5 Å². The lowest BCUT2D eigenvalue weighted by Gasteiger charge is -2.23. The van der Waals surface area contributed by atoms with Crippen molar-refractivity contribution in [3.8, 4) is 5.75 Å². The van der Waals surface area contributed by atoms with E-state index in [-0.39, 0.29) is 0 Å². The van der Waals surface area contributed by atoms with E-state index in [1.165, 1.54) is 10.7 Å². The normalized spacial score (nSPS) is 24.9. The van der Waals surface area contributed by atoms with Crippen LogP contribution in [0.15, 0.2) is 24.3 Å². The SMILES string of the molecule is CCCC1CC(O)N(NC)Oc2ccccc21. The van der Waals surface area contributed by atoms with Crippen molar-refractivity contribution in [2.75, 3.05) is 7.05 Å². The molecule has 1 heterocycles. The van der Waals surface area contributed by atoms with Crippen LogP contribution in [0, 0.1) is 0 Å². The van der Waals surface area contributed by atoms with Gasteiger partial charge in [-0.25, -0.2) is 5.43 Å². The summed E-state index contributed by atoms with van der Waals surface area (Å²) in [5, 5.41) is 11.5. The van der Waals surface area contributed by atoms with Crippen LogP contribution in [0.25, 0.3) is 0 Å². The third-order valence-electron chi connectivity index (χ3n) is 3.18. The number of rotatable bonds is 3. The summed E-state index contributed by atoms with van der Waals surface area (Å²) in [6.07, 6.45) is 2.23. The van der Waals surface area contributed by atoms with Crippen LogP contribution in [0.4, 0.5) is 0 Å². The van der Waals surface area contributed by atoms with Gasteiger partial charge in [0.15, 0.2) is 12.0 Å². The van der Waals surface area contributed by atoms with Crippen molar-refractivity contribution in [1.82, 2.24) is 10.6 Å². The Kier molecular flexibility index (Phi) is 3.99. The molecule has 0 saturated carbocycles. The maximum absolute atomic E-state index is 10.1. The minimum atomic E-state index is -0.621. The molecule has 0 bridgehead atoms. The highest BCUT2D eigenvalue weighted by molar-refractivity contribution is 5.36. The summed E-state index contributed by atoms with van der Waals surface area (Å²) >= 11 is 0. The Hall–Kier alpha value is -1.10. The quantitative estimate of drug-likeness (QED) is 0.843. The summed E-state index contributed by atoms with van der Waals surface area (Å²) in [6, 6.07) is 8.00. The van der Waals surface area contributed by atoms with Gasteiger partial charge in [-0.3, -0.25) is 0 Å². The summed E-state index contributed by atoms with van der Waals surface area (Å²) in [7, 11) is 1.74. The first-order valence-corrected chi connectivity index (χ1v) is 6.17. The van der Waals surface area contributed by atoms with Gasteiger partial charge in [0.25, 0.3) is 0 Å². The highest BCUT2D eigenvalue weighted by atomic mass is 16.7. The molecule has 0 saturated heterocycles. The molecule has 2 N–H and O–H groups in total. The molecule has 0 spiro atoms. The molecule has 4 nitrogen and oxygen atoms in total. The van der Waals surface area contributed by atoms with E-state index in [1.807, 2.05) is 18.2 Å². The van der Waals surface area contributed by atoms with Gasteiger partial charge in [-0.05, 0) is 30.0 Å². The first kappa shape index (κ1) is 12.4. The summed E-state index contributed by atoms with van der Waals surface area (Å²) < 4.78 is 0. The van der Waals surface area contributed by atoms with E-state index in [0.29, 0.717) is 12.3 Å². The van der Waals surface area contributed by atoms with Gasteiger partial charge in [0.1, 0.15) is 0 Å². The summed E-state index contributed by atoms with van der Waals surface area (Å²) in [4.78, 5) is 5.67. The van der Waals surface area contributed by atoms with Crippen molar-refractivity contribution < 1.29 is 9.94 Å². The lowest BCUT2D eigenvalue weighted by molar-refractivity contribution is -0.201. The van der Waals surface area contributed by atoms with Crippen LogP contribution in [-0.4, -0.2) is 23.6 Å². The Balaban J connectivity index is 2.32. The number of para-hydroxylation sites is 1. The van der Waals surface area contributed by atoms with Gasteiger partial charge < -0.3 is 9.94 Å². The molecule has 17 heavy (non-hydrogen) atoms. The molecule has 1 aromatic rings. The number of hydrogen-bond acceptors (Lipinski definition) is 4. The van der Waals surface area contributed by atoms with Crippen molar-refractivity contribution in [2.45, 2.75) is 38.3 Å². The molecule has 2 atom stereocenters. The van der Waals surface area contributed by atoms with Gasteiger partial charge in [0.05, 0.1) is 0 Å². The Morgan fingerprint density at radius 2 is 2.24 bits per heavy atom. The zero-order valence-corrected chi connectivity index (χ0v) is 10.4. The monoisotopic (exact) mass is 236 g/mol. The Morgan fingerprint density at radius 1 is 1.47 bits per heavy atom. The average Bonchev–Trinajstić information content (AvgIpc) is 2.48. The standard InChI is InChI=1S/C13H20N2O2/c1-3-6-10-9-13(16)15(14-2)17-12-8-5-4-7-11(10)12/h4-5,7-8,10,13-14,16H,3,6,9H2,1-2H3. The van der Waals surface area contributed by atoms with E-state index in [0.717, 1.165) is 18.6 Å². The third kappa shape index (κ3) is 2.60. The van der Waals surface area contributed by atoms with E-state index in [1.54, 1.807) is 7.05 Å². The average molecular weight is 236 g/mol. The smallest absolute Gasteiger partial charge is 0.157 e. The number of hydrazine groups is 1. The van der Waals surface area contributed by atoms with E-state index in [2.05, 4.69) is 18.4 Å². The molecule has 0 radical (unpaired) electrons. The minimum absolute atomic E-state index is 0.351. The van der Waals surface area contributed by atoms with Crippen LogP contribution in [0.5, 0.6) is 5.75 Å². The molecule has 1 aromatic carbocycles. The molecular weight excluding hydrogens is 216 g/mol. The maximum Gasteiger partial charge on any atom is 0.157 e. The fourth-order valence-electron chi connectivity index (χ4n) is 2.36. The number of aliphatic hydroxyl groups excluding tert-OH is 1. The molecule has 1 aliphatic heterocycles. The van der Waals surface area contributed by atoms with E-state index in [4.69, 9.17) is 4.84 Å². The van der Waals surface area contributed by atoms with Crippen LogP contribution < -0.4 is 10.3 Å². The second-order valence-corrected chi connectivity index (χ2v) is 4.38. The van der Waals surface area contributed by atoms with Crippen molar-refractivity contribution >= 4 is 0 Å². The lowest BCUT2D eigenvalue weighted by atomic mass is 9.90. The predicted molar refractivity (Wildman–Crippen MR) is 66.2 cm³/mol. The molecule has 0 amide bonds. The molecule has 0 aromatic heterocycles. The second-order valence-electron chi connectivity index (χ2n) is 4.38. The summed E-state index contributed by atoms with van der Waals surface area (Å²) in [5.74, 6) is 1.18. The summed E-state index contributed by atoms with van der Waals surface area (Å²) in [5.41, 5.74) is 4.04. The minimum Gasteiger partial charge on any atom is -0.388 e. The van der Waals surface area contributed by atoms with Crippen LogP contribution >= 0.6 is 0 Å². The molecule has 1 aliphatic rings. The number of fused-ring (bicyclic) bond motifs is 1. The van der Waals surface area contributed by atoms with Crippen molar-refractivity contribution in [3.05, 3.63) is 29.8 Å². The number of nitrogens with zero attached hydrogens (tertiary/aromatic N) is 1. The third-order valence-corrected chi connectivity index (χ3v) is 3.18. The number of hydroxylamine groups is 1. The fourth-order valence-corrected chi connectivity index (χ4v) is 2.36. The van der Waals surface area contributed by atoms with E-state index < -0.39 is 6.23 Å². The van der Waals surface area contributed by atoms with Crippen molar-refractivity contribution in [2.24, 2.45) is 0 Å². The largest absolute Gasteiger partial charge is 0.388 e. The zero-order valence-electron chi connectivity index (χ0n) is 10.4. The summed E-state index contributed by atoms with van der Waals surface area (Å²) in [6.45, 7) is 2.16. The number of aliphatic hydroxyl groups is 1. The zero-order chi connectivity index (χ0) is 12.3. The first-order valence-electron chi connectivity index (χ1n) is 6.17. The lowest BCUT2D eigenvalue weighted by Crippen LogP contribution is -2.45. The van der Waals surface area contributed by atoms with Crippen LogP contribution in [-0.2, 0) is 0 Å². The van der Waals surface area contributed by atoms with Gasteiger partial charge in [0.2, 0.25) is 0 Å². The van der Waals surface area contributed by atoms with Crippen LogP contribution in [0.1, 0.15) is 37.7 Å². The Labute approximate surface area is 102 Å². The molecule has 2 unspecified atom stereocenters. The van der Waals surface area contributed by atoms with Gasteiger partial charge >= 0.3 is 0 Å². The highest BCUT2D eigenvalue weighted by Gasteiger charge is 2.28. The number of benzene rings is 1. The molecule has 0 aliphatic carbocycles. The van der Waals surface area contributed by atoms with Gasteiger partial charge in [0, 0.05) is 12.6 Å². The molecule has 2 rings (SSSR count). The molecule has 4 heteroatoms. The first-order chi connectivity index (χ1) is 8.26. The van der Waals surface area contributed by atoms with Gasteiger partial charge in [-0.2, -0.15) is 0 Å². The molecular formula is C13H20N2O2. The van der Waals surface area contributed by atoms with Crippen LogP contribution in [0.2, 0.25) is 0 Å².